The maximum Gasteiger partial charge on any atom is 0.177 e. The number of hydrogen-bond acceptors (Lipinski definition) is 5. The van der Waals surface area contributed by atoms with E-state index in [1.807, 2.05) is 35.1 Å². The van der Waals surface area contributed by atoms with E-state index in [1.165, 1.54) is 0 Å². The molecule has 0 amide bonds. The Labute approximate surface area is 172 Å². The van der Waals surface area contributed by atoms with E-state index in [-0.39, 0.29) is 6.04 Å². The minimum atomic E-state index is 0.264. The predicted molar refractivity (Wildman–Crippen MR) is 113 cm³/mol. The van der Waals surface area contributed by atoms with E-state index in [0.29, 0.717) is 12.5 Å². The third-order valence-electron chi connectivity index (χ3n) is 5.64. The second-order valence-corrected chi connectivity index (χ2v) is 8.07. The van der Waals surface area contributed by atoms with Crippen molar-refractivity contribution in [2.45, 2.75) is 45.2 Å². The third kappa shape index (κ3) is 4.05. The first-order valence-electron chi connectivity index (χ1n) is 10.4. The first-order valence-corrected chi connectivity index (χ1v) is 10.4. The molecule has 0 radical (unpaired) electrons. The average Bonchev–Trinajstić information content (AvgIpc) is 3.36. The van der Waals surface area contributed by atoms with Crippen LogP contribution in [0.2, 0.25) is 0 Å². The number of para-hydroxylation sites is 1. The molecule has 0 bridgehead atoms. The van der Waals surface area contributed by atoms with Crippen molar-refractivity contribution in [3.8, 4) is 17.3 Å². The van der Waals surface area contributed by atoms with Gasteiger partial charge in [0.1, 0.15) is 11.4 Å². The van der Waals surface area contributed by atoms with Gasteiger partial charge in [0.25, 0.3) is 0 Å². The van der Waals surface area contributed by atoms with Crippen molar-refractivity contribution in [3.05, 3.63) is 47.9 Å². The van der Waals surface area contributed by atoms with Crippen molar-refractivity contribution in [1.82, 2.24) is 29.4 Å². The van der Waals surface area contributed by atoms with Gasteiger partial charge in [-0.1, -0.05) is 18.2 Å². The average molecular weight is 395 g/mol. The molecular formula is C22H30N6O. The molecule has 1 aliphatic heterocycles. The lowest BCUT2D eigenvalue weighted by atomic mass is 10.1. The molecule has 1 fully saturated rings. The highest BCUT2D eigenvalue weighted by atomic mass is 16.5. The van der Waals surface area contributed by atoms with Gasteiger partial charge in [-0.25, -0.2) is 9.67 Å². The Hall–Kier alpha value is -2.67. The van der Waals surface area contributed by atoms with E-state index in [4.69, 9.17) is 14.8 Å². The van der Waals surface area contributed by atoms with Crippen LogP contribution < -0.4 is 4.74 Å². The van der Waals surface area contributed by atoms with Gasteiger partial charge < -0.3 is 9.64 Å². The lowest BCUT2D eigenvalue weighted by Crippen LogP contribution is -2.32. The summed E-state index contributed by atoms with van der Waals surface area (Å²) in [6, 6.07) is 10.7. The van der Waals surface area contributed by atoms with E-state index in [1.54, 1.807) is 7.11 Å². The minimum Gasteiger partial charge on any atom is -0.496 e. The zero-order chi connectivity index (χ0) is 20.4. The van der Waals surface area contributed by atoms with Gasteiger partial charge in [-0.3, -0.25) is 4.68 Å². The molecule has 0 atom stereocenters. The van der Waals surface area contributed by atoms with Crippen LogP contribution in [0, 0.1) is 0 Å². The van der Waals surface area contributed by atoms with Crippen LogP contribution in [0.15, 0.2) is 36.5 Å². The van der Waals surface area contributed by atoms with Gasteiger partial charge in [-0.15, -0.1) is 0 Å². The van der Waals surface area contributed by atoms with E-state index >= 15 is 0 Å². The van der Waals surface area contributed by atoms with Gasteiger partial charge in [0, 0.05) is 24.2 Å². The highest BCUT2D eigenvalue weighted by molar-refractivity contribution is 5.50. The standard InChI is InChI=1S/C22H30N6O/c1-16(2)27-19(9-12-23-27)22-24-21(15-17-7-5-6-8-20(17)29-4)25-28(22)18-10-13-26(3)14-11-18/h5-9,12,16,18H,10-11,13-15H2,1-4H3. The number of rotatable bonds is 6. The van der Waals surface area contributed by atoms with Crippen molar-refractivity contribution in [2.24, 2.45) is 0 Å². The number of aromatic nitrogens is 5. The summed E-state index contributed by atoms with van der Waals surface area (Å²) in [5.41, 5.74) is 2.12. The molecule has 1 aliphatic rings. The number of piperidine rings is 1. The summed E-state index contributed by atoms with van der Waals surface area (Å²) in [7, 11) is 3.88. The molecule has 0 unspecified atom stereocenters. The molecule has 3 aromatic rings. The number of likely N-dealkylation sites (tertiary alicyclic amines) is 1. The molecule has 154 valence electrons. The van der Waals surface area contributed by atoms with Gasteiger partial charge in [-0.05, 0) is 59.0 Å². The first kappa shape index (κ1) is 19.6. The van der Waals surface area contributed by atoms with Crippen LogP contribution in [0.3, 0.4) is 0 Å². The second-order valence-electron chi connectivity index (χ2n) is 8.07. The topological polar surface area (TPSA) is 61.0 Å². The summed E-state index contributed by atoms with van der Waals surface area (Å²) in [6.45, 7) is 6.44. The molecular weight excluding hydrogens is 364 g/mol. The monoisotopic (exact) mass is 394 g/mol. The Morgan fingerprint density at radius 3 is 2.62 bits per heavy atom. The molecule has 7 nitrogen and oxygen atoms in total. The zero-order valence-corrected chi connectivity index (χ0v) is 17.7. The van der Waals surface area contributed by atoms with Gasteiger partial charge in [0.05, 0.1) is 13.2 Å². The largest absolute Gasteiger partial charge is 0.496 e. The maximum absolute atomic E-state index is 5.52. The predicted octanol–water partition coefficient (Wildman–Crippen LogP) is 3.59. The van der Waals surface area contributed by atoms with Crippen LogP contribution in [0.25, 0.3) is 11.5 Å². The molecule has 29 heavy (non-hydrogen) atoms. The Balaban J connectivity index is 1.73. The molecule has 7 heteroatoms. The van der Waals surface area contributed by atoms with Crippen molar-refractivity contribution in [2.75, 3.05) is 27.2 Å². The quantitative estimate of drug-likeness (QED) is 0.639. The van der Waals surface area contributed by atoms with Crippen LogP contribution in [-0.2, 0) is 6.42 Å². The minimum absolute atomic E-state index is 0.264. The van der Waals surface area contributed by atoms with Crippen LogP contribution >= 0.6 is 0 Å². The summed E-state index contributed by atoms with van der Waals surface area (Å²) in [4.78, 5) is 7.36. The summed E-state index contributed by atoms with van der Waals surface area (Å²) < 4.78 is 9.70. The summed E-state index contributed by atoms with van der Waals surface area (Å²) in [5, 5.41) is 9.49. The van der Waals surface area contributed by atoms with Crippen molar-refractivity contribution in [3.63, 3.8) is 0 Å². The smallest absolute Gasteiger partial charge is 0.177 e. The summed E-state index contributed by atoms with van der Waals surface area (Å²) in [6.07, 6.45) is 4.66. The third-order valence-corrected chi connectivity index (χ3v) is 5.64. The molecule has 0 aliphatic carbocycles. The fraction of sp³-hybridized carbons (Fsp3) is 0.500. The van der Waals surface area contributed by atoms with E-state index in [2.05, 4.69) is 41.6 Å². The normalized spacial score (nSPS) is 15.9. The zero-order valence-electron chi connectivity index (χ0n) is 17.7. The summed E-state index contributed by atoms with van der Waals surface area (Å²) >= 11 is 0. The van der Waals surface area contributed by atoms with Crippen LogP contribution in [-0.4, -0.2) is 56.7 Å². The van der Waals surface area contributed by atoms with Gasteiger partial charge in [0.2, 0.25) is 0 Å². The van der Waals surface area contributed by atoms with E-state index in [0.717, 1.165) is 54.6 Å². The van der Waals surface area contributed by atoms with Crippen molar-refractivity contribution in [1.29, 1.82) is 0 Å². The Morgan fingerprint density at radius 1 is 1.14 bits per heavy atom. The number of hydrogen-bond donors (Lipinski definition) is 0. The highest BCUT2D eigenvalue weighted by Crippen LogP contribution is 2.29. The van der Waals surface area contributed by atoms with Crippen molar-refractivity contribution < 1.29 is 4.74 Å². The van der Waals surface area contributed by atoms with Gasteiger partial charge in [-0.2, -0.15) is 10.2 Å². The van der Waals surface area contributed by atoms with E-state index in [9.17, 15) is 0 Å². The molecule has 3 heterocycles. The maximum atomic E-state index is 5.52. The second kappa shape index (κ2) is 8.37. The number of ether oxygens (including phenoxy) is 1. The molecule has 2 aromatic heterocycles. The Kier molecular flexibility index (Phi) is 5.67. The molecule has 0 N–H and O–H groups in total. The van der Waals surface area contributed by atoms with E-state index < -0.39 is 0 Å². The molecule has 0 saturated carbocycles. The lowest BCUT2D eigenvalue weighted by Gasteiger charge is -2.29. The molecule has 4 rings (SSSR count). The van der Waals surface area contributed by atoms with Crippen LogP contribution in [0.5, 0.6) is 5.75 Å². The Bertz CT molecular complexity index is 952. The van der Waals surface area contributed by atoms with Crippen molar-refractivity contribution >= 4 is 0 Å². The number of methoxy groups -OCH3 is 1. The summed E-state index contributed by atoms with van der Waals surface area (Å²) in [5.74, 6) is 2.60. The number of benzene rings is 1. The van der Waals surface area contributed by atoms with Gasteiger partial charge >= 0.3 is 0 Å². The van der Waals surface area contributed by atoms with Crippen LogP contribution in [0.4, 0.5) is 0 Å². The first-order chi connectivity index (χ1) is 14.1. The number of nitrogens with zero attached hydrogens (tertiary/aromatic N) is 6. The highest BCUT2D eigenvalue weighted by Gasteiger charge is 2.26. The van der Waals surface area contributed by atoms with Gasteiger partial charge in [0.15, 0.2) is 11.6 Å². The molecule has 1 aromatic carbocycles. The van der Waals surface area contributed by atoms with Crippen LogP contribution in [0.1, 0.15) is 50.2 Å². The fourth-order valence-electron chi connectivity index (χ4n) is 4.03. The fourth-order valence-corrected chi connectivity index (χ4v) is 4.03. The lowest BCUT2D eigenvalue weighted by molar-refractivity contribution is 0.213. The Morgan fingerprint density at radius 2 is 1.90 bits per heavy atom. The SMILES string of the molecule is COc1ccccc1Cc1nc(-c2ccnn2C(C)C)n(C2CCN(C)CC2)n1. The molecule has 1 saturated heterocycles. The molecule has 0 spiro atoms.